The van der Waals surface area contributed by atoms with E-state index in [1.165, 1.54) is 21.3 Å². The smallest absolute Gasteiger partial charge is 0.187 e. The monoisotopic (exact) mass is 234 g/mol. The topological polar surface area (TPSA) is 82.1 Å². The zero-order valence-corrected chi connectivity index (χ0v) is 9.71. The molecule has 0 aromatic heterocycles. The lowest BCUT2D eigenvalue weighted by atomic mass is 9.94. The van der Waals surface area contributed by atoms with Crippen LogP contribution in [-0.4, -0.2) is 63.9 Å². The third-order valence-electron chi connectivity index (χ3n) is 2.29. The fourth-order valence-corrected chi connectivity index (χ4v) is 1.47. The second-order valence-electron chi connectivity index (χ2n) is 3.24. The van der Waals surface area contributed by atoms with E-state index in [1.807, 2.05) is 0 Å². The van der Waals surface area contributed by atoms with Gasteiger partial charge in [0.05, 0.1) is 6.61 Å². The first-order chi connectivity index (χ1) is 7.65. The van der Waals surface area contributed by atoms with Gasteiger partial charge in [-0.15, -0.1) is 0 Å². The standard InChI is InChI=1S/C10H18O6/c1-14-6-8(13)10(16-3)7(4-11)9(5-12)15-2/h5,7,9-11H,4,6H2,1-3H3. The largest absolute Gasteiger partial charge is 0.396 e. The number of hydrogen-bond acceptors (Lipinski definition) is 6. The summed E-state index contributed by atoms with van der Waals surface area (Å²) in [5.41, 5.74) is 0. The van der Waals surface area contributed by atoms with E-state index in [4.69, 9.17) is 14.6 Å². The van der Waals surface area contributed by atoms with Crippen LogP contribution in [0.4, 0.5) is 0 Å². The summed E-state index contributed by atoms with van der Waals surface area (Å²) < 4.78 is 14.5. The first kappa shape index (κ1) is 15.2. The number of aldehydes is 1. The molecule has 0 aliphatic heterocycles. The molecule has 94 valence electrons. The van der Waals surface area contributed by atoms with Crippen LogP contribution in [0.2, 0.25) is 0 Å². The molecule has 0 rings (SSSR count). The van der Waals surface area contributed by atoms with Crippen molar-refractivity contribution in [2.75, 3.05) is 34.5 Å². The predicted molar refractivity (Wildman–Crippen MR) is 55.1 cm³/mol. The van der Waals surface area contributed by atoms with Gasteiger partial charge in [0.15, 0.2) is 5.78 Å². The molecule has 0 aliphatic carbocycles. The molecule has 0 radical (unpaired) electrons. The molecule has 0 amide bonds. The van der Waals surface area contributed by atoms with E-state index in [9.17, 15) is 9.59 Å². The quantitative estimate of drug-likeness (QED) is 0.517. The molecule has 0 aromatic rings. The Morgan fingerprint density at radius 1 is 1.31 bits per heavy atom. The summed E-state index contributed by atoms with van der Waals surface area (Å²) >= 11 is 0. The zero-order chi connectivity index (χ0) is 12.6. The summed E-state index contributed by atoms with van der Waals surface area (Å²) in [6.45, 7) is -0.518. The van der Waals surface area contributed by atoms with Crippen LogP contribution in [0.25, 0.3) is 0 Å². The van der Waals surface area contributed by atoms with E-state index >= 15 is 0 Å². The first-order valence-corrected chi connectivity index (χ1v) is 4.79. The van der Waals surface area contributed by atoms with Crippen LogP contribution < -0.4 is 0 Å². The second-order valence-corrected chi connectivity index (χ2v) is 3.24. The fourth-order valence-electron chi connectivity index (χ4n) is 1.47. The number of aliphatic hydroxyl groups is 1. The Morgan fingerprint density at radius 3 is 2.25 bits per heavy atom. The van der Waals surface area contributed by atoms with Gasteiger partial charge in [0, 0.05) is 27.2 Å². The molecule has 6 nitrogen and oxygen atoms in total. The maximum absolute atomic E-state index is 11.6. The highest BCUT2D eigenvalue weighted by molar-refractivity contribution is 5.85. The molecule has 3 atom stereocenters. The van der Waals surface area contributed by atoms with Crippen LogP contribution in [0.1, 0.15) is 0 Å². The van der Waals surface area contributed by atoms with Gasteiger partial charge in [0.1, 0.15) is 25.1 Å². The third-order valence-corrected chi connectivity index (χ3v) is 2.29. The average molecular weight is 234 g/mol. The van der Waals surface area contributed by atoms with Gasteiger partial charge in [-0.25, -0.2) is 0 Å². The Hall–Kier alpha value is -0.820. The van der Waals surface area contributed by atoms with Crippen molar-refractivity contribution in [3.05, 3.63) is 0 Å². The number of aliphatic hydroxyl groups excluding tert-OH is 1. The molecular formula is C10H18O6. The Morgan fingerprint density at radius 2 is 1.94 bits per heavy atom. The van der Waals surface area contributed by atoms with Gasteiger partial charge in [-0.1, -0.05) is 0 Å². The summed E-state index contributed by atoms with van der Waals surface area (Å²) in [5.74, 6) is -1.07. The molecule has 0 spiro atoms. The SMILES string of the molecule is COCC(=O)C(OC)C(CO)C(C=O)OC. The number of rotatable bonds is 9. The number of Topliss-reactive ketones (excluding diaryl/α,β-unsaturated/α-hetero) is 1. The van der Waals surface area contributed by atoms with Crippen molar-refractivity contribution in [3.8, 4) is 0 Å². The normalized spacial score (nSPS) is 16.5. The van der Waals surface area contributed by atoms with E-state index in [-0.39, 0.29) is 19.0 Å². The van der Waals surface area contributed by atoms with Crippen molar-refractivity contribution in [1.29, 1.82) is 0 Å². The Bertz CT molecular complexity index is 217. The summed E-state index contributed by atoms with van der Waals surface area (Å²) in [6.07, 6.45) is -1.26. The summed E-state index contributed by atoms with van der Waals surface area (Å²) in [6, 6.07) is 0. The Labute approximate surface area is 94.5 Å². The first-order valence-electron chi connectivity index (χ1n) is 4.79. The van der Waals surface area contributed by atoms with Gasteiger partial charge in [-0.2, -0.15) is 0 Å². The molecule has 0 aromatic carbocycles. The second kappa shape index (κ2) is 8.35. The molecule has 0 heterocycles. The number of ketones is 1. The number of methoxy groups -OCH3 is 3. The molecule has 0 aliphatic rings. The minimum absolute atomic E-state index is 0.135. The van der Waals surface area contributed by atoms with E-state index in [2.05, 4.69) is 4.74 Å². The van der Waals surface area contributed by atoms with Gasteiger partial charge in [0.2, 0.25) is 0 Å². The lowest BCUT2D eigenvalue weighted by molar-refractivity contribution is -0.144. The van der Waals surface area contributed by atoms with Gasteiger partial charge in [-0.05, 0) is 0 Å². The molecule has 16 heavy (non-hydrogen) atoms. The molecule has 6 heteroatoms. The number of carbonyl (C=O) groups is 2. The van der Waals surface area contributed by atoms with Gasteiger partial charge >= 0.3 is 0 Å². The lowest BCUT2D eigenvalue weighted by Crippen LogP contribution is -2.43. The number of ether oxygens (including phenoxy) is 3. The van der Waals surface area contributed by atoms with E-state index < -0.39 is 18.1 Å². The highest BCUT2D eigenvalue weighted by Crippen LogP contribution is 2.14. The summed E-state index contributed by atoms with van der Waals surface area (Å²) in [4.78, 5) is 22.3. The summed E-state index contributed by atoms with van der Waals surface area (Å²) in [5, 5.41) is 9.17. The molecule has 0 saturated heterocycles. The van der Waals surface area contributed by atoms with Gasteiger partial charge < -0.3 is 24.1 Å². The molecule has 3 unspecified atom stereocenters. The third kappa shape index (κ3) is 3.97. The van der Waals surface area contributed by atoms with E-state index in [0.29, 0.717) is 6.29 Å². The van der Waals surface area contributed by atoms with Crippen LogP contribution in [0.5, 0.6) is 0 Å². The maximum atomic E-state index is 11.6. The lowest BCUT2D eigenvalue weighted by Gasteiger charge is -2.26. The van der Waals surface area contributed by atoms with Crippen LogP contribution in [0.15, 0.2) is 0 Å². The molecule has 0 fully saturated rings. The minimum atomic E-state index is -0.917. The van der Waals surface area contributed by atoms with Crippen molar-refractivity contribution in [2.45, 2.75) is 12.2 Å². The number of carbonyl (C=O) groups excluding carboxylic acids is 2. The Balaban J connectivity index is 4.72. The minimum Gasteiger partial charge on any atom is -0.396 e. The average Bonchev–Trinajstić information content (AvgIpc) is 2.29. The van der Waals surface area contributed by atoms with Crippen LogP contribution in [0, 0.1) is 5.92 Å². The van der Waals surface area contributed by atoms with Crippen LogP contribution >= 0.6 is 0 Å². The van der Waals surface area contributed by atoms with Crippen molar-refractivity contribution in [1.82, 2.24) is 0 Å². The van der Waals surface area contributed by atoms with Crippen molar-refractivity contribution >= 4 is 12.1 Å². The van der Waals surface area contributed by atoms with Crippen molar-refractivity contribution in [2.24, 2.45) is 5.92 Å². The summed E-state index contributed by atoms with van der Waals surface area (Å²) in [7, 11) is 4.04. The van der Waals surface area contributed by atoms with Crippen molar-refractivity contribution < 1.29 is 28.9 Å². The number of hydrogen-bond donors (Lipinski definition) is 1. The highest BCUT2D eigenvalue weighted by atomic mass is 16.5. The highest BCUT2D eigenvalue weighted by Gasteiger charge is 2.33. The Kier molecular flexibility index (Phi) is 7.92. The van der Waals surface area contributed by atoms with Crippen LogP contribution in [-0.2, 0) is 23.8 Å². The molecule has 0 saturated carbocycles. The van der Waals surface area contributed by atoms with Crippen LogP contribution in [0.3, 0.4) is 0 Å². The predicted octanol–water partition coefficient (Wildman–Crippen LogP) is -0.961. The molecule has 1 N–H and O–H groups in total. The zero-order valence-electron chi connectivity index (χ0n) is 9.71. The fraction of sp³-hybridized carbons (Fsp3) is 0.800. The van der Waals surface area contributed by atoms with Crippen molar-refractivity contribution in [3.63, 3.8) is 0 Å². The maximum Gasteiger partial charge on any atom is 0.187 e. The van der Waals surface area contributed by atoms with E-state index in [1.54, 1.807) is 0 Å². The molecule has 0 bridgehead atoms. The molecular weight excluding hydrogens is 216 g/mol. The van der Waals surface area contributed by atoms with E-state index in [0.717, 1.165) is 0 Å². The van der Waals surface area contributed by atoms with Gasteiger partial charge in [0.25, 0.3) is 0 Å². The van der Waals surface area contributed by atoms with Gasteiger partial charge in [-0.3, -0.25) is 4.79 Å².